The Labute approximate surface area is 100 Å². The summed E-state index contributed by atoms with van der Waals surface area (Å²) in [7, 11) is 0. The first-order chi connectivity index (χ1) is 8.31. The molecule has 94 valence electrons. The van der Waals surface area contributed by atoms with E-state index in [4.69, 9.17) is 4.74 Å². The zero-order valence-corrected chi connectivity index (χ0v) is 9.88. The van der Waals surface area contributed by atoms with Gasteiger partial charge in [0.05, 0.1) is 19.8 Å². The van der Waals surface area contributed by atoms with Crippen LogP contribution in [0.25, 0.3) is 0 Å². The predicted molar refractivity (Wildman–Crippen MR) is 60.3 cm³/mol. The molecule has 0 aromatic carbocycles. The van der Waals surface area contributed by atoms with Crippen molar-refractivity contribution in [2.24, 2.45) is 5.41 Å². The van der Waals surface area contributed by atoms with Crippen molar-refractivity contribution < 1.29 is 9.84 Å². The summed E-state index contributed by atoms with van der Waals surface area (Å²) in [6.07, 6.45) is 2.74. The summed E-state index contributed by atoms with van der Waals surface area (Å²) in [6.45, 7) is 5.28. The summed E-state index contributed by atoms with van der Waals surface area (Å²) in [6, 6.07) is 0. The molecule has 3 rings (SSSR count). The Morgan fingerprint density at radius 2 is 2.41 bits per heavy atom. The van der Waals surface area contributed by atoms with Crippen molar-refractivity contribution in [3.8, 4) is 0 Å². The number of aromatic nitrogens is 3. The molecule has 1 unspecified atom stereocenters. The van der Waals surface area contributed by atoms with Crippen LogP contribution < -0.4 is 0 Å². The molecule has 0 spiro atoms. The average molecular weight is 238 g/mol. The van der Waals surface area contributed by atoms with Crippen molar-refractivity contribution in [1.29, 1.82) is 0 Å². The normalized spacial score (nSPS) is 29.5. The number of aliphatic hydroxyl groups excluding tert-OH is 1. The van der Waals surface area contributed by atoms with E-state index in [1.807, 2.05) is 0 Å². The van der Waals surface area contributed by atoms with Crippen LogP contribution in [0.3, 0.4) is 0 Å². The third kappa shape index (κ3) is 2.08. The molecule has 0 radical (unpaired) electrons. The second kappa shape index (κ2) is 4.36. The molecule has 2 aliphatic heterocycles. The topological polar surface area (TPSA) is 63.4 Å². The standard InChI is InChI=1S/C11H18N4O2/c16-7-11(1-4-17-8-11)6-14-2-3-15-9-12-13-10(15)5-14/h9,16H,1-8H2. The van der Waals surface area contributed by atoms with E-state index in [0.29, 0.717) is 6.61 Å². The van der Waals surface area contributed by atoms with Gasteiger partial charge in [-0.25, -0.2) is 0 Å². The maximum Gasteiger partial charge on any atom is 0.147 e. The minimum absolute atomic E-state index is 0.0673. The second-order valence-electron chi connectivity index (χ2n) is 5.11. The highest BCUT2D eigenvalue weighted by atomic mass is 16.5. The molecular weight excluding hydrogens is 220 g/mol. The van der Waals surface area contributed by atoms with Crippen molar-refractivity contribution in [1.82, 2.24) is 19.7 Å². The predicted octanol–water partition coefficient (Wildman–Crippen LogP) is -0.507. The van der Waals surface area contributed by atoms with Gasteiger partial charge >= 0.3 is 0 Å². The van der Waals surface area contributed by atoms with E-state index in [9.17, 15) is 5.11 Å². The number of fused-ring (bicyclic) bond motifs is 1. The van der Waals surface area contributed by atoms with Gasteiger partial charge in [-0.3, -0.25) is 4.90 Å². The van der Waals surface area contributed by atoms with Gasteiger partial charge in [-0.2, -0.15) is 0 Å². The van der Waals surface area contributed by atoms with Crippen molar-refractivity contribution in [3.63, 3.8) is 0 Å². The largest absolute Gasteiger partial charge is 0.396 e. The molecule has 0 bridgehead atoms. The fraction of sp³-hybridized carbons (Fsp3) is 0.818. The number of aliphatic hydroxyl groups is 1. The summed E-state index contributed by atoms with van der Waals surface area (Å²) in [4.78, 5) is 2.34. The van der Waals surface area contributed by atoms with Crippen molar-refractivity contribution in [2.45, 2.75) is 19.5 Å². The smallest absolute Gasteiger partial charge is 0.147 e. The first-order valence-corrected chi connectivity index (χ1v) is 6.09. The van der Waals surface area contributed by atoms with Crippen LogP contribution in [0.2, 0.25) is 0 Å². The quantitative estimate of drug-likeness (QED) is 0.768. The van der Waals surface area contributed by atoms with Crippen molar-refractivity contribution in [2.75, 3.05) is 32.9 Å². The first kappa shape index (κ1) is 11.1. The van der Waals surface area contributed by atoms with Crippen molar-refractivity contribution >= 4 is 0 Å². The molecule has 3 heterocycles. The average Bonchev–Trinajstić information content (AvgIpc) is 2.97. The summed E-state index contributed by atoms with van der Waals surface area (Å²) in [5.74, 6) is 1.02. The summed E-state index contributed by atoms with van der Waals surface area (Å²) in [5, 5.41) is 17.6. The molecule has 0 saturated carbocycles. The monoisotopic (exact) mass is 238 g/mol. The molecule has 1 atom stereocenters. The molecule has 6 heteroatoms. The maximum atomic E-state index is 9.56. The van der Waals surface area contributed by atoms with Crippen LogP contribution >= 0.6 is 0 Å². The number of hydrogen-bond donors (Lipinski definition) is 1. The molecule has 0 aliphatic carbocycles. The lowest BCUT2D eigenvalue weighted by Gasteiger charge is -2.34. The molecule has 1 aromatic heterocycles. The van der Waals surface area contributed by atoms with Gasteiger partial charge in [-0.15, -0.1) is 10.2 Å². The van der Waals surface area contributed by atoms with Gasteiger partial charge in [0.15, 0.2) is 0 Å². The molecule has 1 aromatic rings. The third-order valence-electron chi connectivity index (χ3n) is 3.80. The van der Waals surface area contributed by atoms with E-state index in [1.165, 1.54) is 0 Å². The van der Waals surface area contributed by atoms with Gasteiger partial charge in [0.2, 0.25) is 0 Å². The molecule has 17 heavy (non-hydrogen) atoms. The first-order valence-electron chi connectivity index (χ1n) is 6.09. The highest BCUT2D eigenvalue weighted by Gasteiger charge is 2.36. The fourth-order valence-electron chi connectivity index (χ4n) is 2.67. The van der Waals surface area contributed by atoms with Crippen LogP contribution in [-0.2, 0) is 17.8 Å². The lowest BCUT2D eigenvalue weighted by atomic mass is 9.87. The highest BCUT2D eigenvalue weighted by Crippen LogP contribution is 2.30. The van der Waals surface area contributed by atoms with Gasteiger partial charge in [-0.05, 0) is 6.42 Å². The molecule has 0 amide bonds. The Morgan fingerprint density at radius 3 is 3.18 bits per heavy atom. The van der Waals surface area contributed by atoms with Gasteiger partial charge in [0.25, 0.3) is 0 Å². The van der Waals surface area contributed by atoms with E-state index in [-0.39, 0.29) is 12.0 Å². The van der Waals surface area contributed by atoms with Gasteiger partial charge in [0.1, 0.15) is 12.2 Å². The highest BCUT2D eigenvalue weighted by molar-refractivity contribution is 4.93. The molecule has 1 fully saturated rings. The minimum Gasteiger partial charge on any atom is -0.396 e. The fourth-order valence-corrected chi connectivity index (χ4v) is 2.67. The van der Waals surface area contributed by atoms with Crippen LogP contribution in [0, 0.1) is 5.41 Å². The Balaban J connectivity index is 1.67. The van der Waals surface area contributed by atoms with Crippen LogP contribution in [-0.4, -0.2) is 57.7 Å². The molecular formula is C11H18N4O2. The molecule has 2 aliphatic rings. The maximum absolute atomic E-state index is 9.56. The summed E-state index contributed by atoms with van der Waals surface area (Å²) < 4.78 is 7.52. The lowest BCUT2D eigenvalue weighted by molar-refractivity contribution is 0.0471. The van der Waals surface area contributed by atoms with Crippen LogP contribution in [0.15, 0.2) is 6.33 Å². The van der Waals surface area contributed by atoms with E-state index >= 15 is 0 Å². The zero-order valence-electron chi connectivity index (χ0n) is 9.88. The number of rotatable bonds is 3. The van der Waals surface area contributed by atoms with Gasteiger partial charge in [0, 0.05) is 31.7 Å². The Morgan fingerprint density at radius 1 is 1.47 bits per heavy atom. The van der Waals surface area contributed by atoms with Crippen LogP contribution in [0.4, 0.5) is 0 Å². The second-order valence-corrected chi connectivity index (χ2v) is 5.11. The SMILES string of the molecule is OCC1(CN2CCn3cnnc3C2)CCOC1. The Hall–Kier alpha value is -0.980. The molecule has 1 saturated heterocycles. The number of nitrogens with zero attached hydrogens (tertiary/aromatic N) is 4. The Kier molecular flexibility index (Phi) is 2.85. The summed E-state index contributed by atoms with van der Waals surface area (Å²) >= 11 is 0. The van der Waals surface area contributed by atoms with E-state index in [0.717, 1.165) is 45.0 Å². The zero-order chi connectivity index (χ0) is 11.7. The number of ether oxygens (including phenoxy) is 1. The molecule has 6 nitrogen and oxygen atoms in total. The lowest BCUT2D eigenvalue weighted by Crippen LogP contribution is -2.44. The van der Waals surface area contributed by atoms with Gasteiger partial charge in [-0.1, -0.05) is 0 Å². The summed E-state index contributed by atoms with van der Waals surface area (Å²) in [5.41, 5.74) is -0.0673. The number of hydrogen-bond acceptors (Lipinski definition) is 5. The van der Waals surface area contributed by atoms with E-state index in [1.54, 1.807) is 6.33 Å². The molecule has 1 N–H and O–H groups in total. The van der Waals surface area contributed by atoms with Crippen LogP contribution in [0.1, 0.15) is 12.2 Å². The van der Waals surface area contributed by atoms with Gasteiger partial charge < -0.3 is 14.4 Å². The van der Waals surface area contributed by atoms with E-state index in [2.05, 4.69) is 19.7 Å². The minimum atomic E-state index is -0.0673. The third-order valence-corrected chi connectivity index (χ3v) is 3.80. The Bertz CT molecular complexity index is 387. The van der Waals surface area contributed by atoms with Crippen LogP contribution in [0.5, 0.6) is 0 Å². The van der Waals surface area contributed by atoms with Crippen molar-refractivity contribution in [3.05, 3.63) is 12.2 Å². The van der Waals surface area contributed by atoms with E-state index < -0.39 is 0 Å².